The predicted molar refractivity (Wildman–Crippen MR) is 64.4 cm³/mol. The minimum Gasteiger partial charge on any atom is -0.383 e. The fraction of sp³-hybridized carbons (Fsp3) is 1.00. The second-order valence-electron chi connectivity index (χ2n) is 3.09. The zero-order valence-corrected chi connectivity index (χ0v) is 11.4. The van der Waals surface area contributed by atoms with Crippen LogP contribution in [0, 0.1) is 0 Å². The highest BCUT2D eigenvalue weighted by molar-refractivity contribution is 7.89. The smallest absolute Gasteiger partial charge is 0.216 e. The van der Waals surface area contributed by atoms with Crippen molar-refractivity contribution in [2.24, 2.45) is 0 Å². The van der Waals surface area contributed by atoms with Crippen molar-refractivity contribution in [2.75, 3.05) is 51.7 Å². The van der Waals surface area contributed by atoms with Gasteiger partial charge in [0.2, 0.25) is 10.0 Å². The first kappa shape index (κ1) is 16.1. The Hall–Kier alpha value is 0.120. The molecule has 0 atom stereocenters. The minimum absolute atomic E-state index is 0.0125. The van der Waals surface area contributed by atoms with E-state index < -0.39 is 10.0 Å². The monoisotopic (exact) mass is 273 g/mol. The number of hydrogen-bond acceptors (Lipinski definition) is 4. The number of nitrogens with zero attached hydrogens (tertiary/aromatic N) is 1. The van der Waals surface area contributed by atoms with E-state index in [0.29, 0.717) is 26.3 Å². The molecule has 0 saturated heterocycles. The van der Waals surface area contributed by atoms with Crippen LogP contribution >= 0.6 is 11.6 Å². The first-order valence-electron chi connectivity index (χ1n) is 5.19. The average molecular weight is 274 g/mol. The van der Waals surface area contributed by atoms with E-state index >= 15 is 0 Å². The zero-order valence-electron chi connectivity index (χ0n) is 9.82. The lowest BCUT2D eigenvalue weighted by Crippen LogP contribution is -2.38. The summed E-state index contributed by atoms with van der Waals surface area (Å²) in [6.45, 7) is 3.56. The fourth-order valence-electron chi connectivity index (χ4n) is 1.12. The van der Waals surface area contributed by atoms with Gasteiger partial charge in [-0.2, -0.15) is 4.31 Å². The Balaban J connectivity index is 4.25. The van der Waals surface area contributed by atoms with Crippen LogP contribution in [-0.4, -0.2) is 64.4 Å². The highest BCUT2D eigenvalue weighted by atomic mass is 35.5. The molecule has 0 amide bonds. The van der Waals surface area contributed by atoms with Crippen LogP contribution in [0.2, 0.25) is 0 Å². The van der Waals surface area contributed by atoms with Crippen molar-refractivity contribution < 1.29 is 17.9 Å². The summed E-state index contributed by atoms with van der Waals surface area (Å²) in [5, 5.41) is 0. The lowest BCUT2D eigenvalue weighted by atomic mass is 10.6. The molecule has 98 valence electrons. The van der Waals surface area contributed by atoms with E-state index in [-0.39, 0.29) is 18.2 Å². The number of hydrogen-bond donors (Lipinski definition) is 0. The van der Waals surface area contributed by atoms with Crippen LogP contribution in [0.25, 0.3) is 0 Å². The Bertz CT molecular complexity index is 258. The van der Waals surface area contributed by atoms with E-state index in [9.17, 15) is 8.42 Å². The molecule has 16 heavy (non-hydrogen) atoms. The molecule has 0 aromatic carbocycles. The summed E-state index contributed by atoms with van der Waals surface area (Å²) in [6.07, 6.45) is 0. The van der Waals surface area contributed by atoms with Gasteiger partial charge in [0.1, 0.15) is 0 Å². The van der Waals surface area contributed by atoms with E-state index in [2.05, 4.69) is 0 Å². The van der Waals surface area contributed by atoms with Gasteiger partial charge in [0.15, 0.2) is 0 Å². The zero-order chi connectivity index (χ0) is 12.4. The van der Waals surface area contributed by atoms with Crippen molar-refractivity contribution in [3.05, 3.63) is 0 Å². The summed E-state index contributed by atoms with van der Waals surface area (Å²) < 4.78 is 34.9. The van der Waals surface area contributed by atoms with Gasteiger partial charge >= 0.3 is 0 Å². The van der Waals surface area contributed by atoms with Crippen molar-refractivity contribution in [1.82, 2.24) is 4.31 Å². The van der Waals surface area contributed by atoms with Crippen LogP contribution < -0.4 is 0 Å². The van der Waals surface area contributed by atoms with Crippen LogP contribution in [0.1, 0.15) is 6.92 Å². The van der Waals surface area contributed by atoms with Gasteiger partial charge in [-0.05, 0) is 6.92 Å². The maximum absolute atomic E-state index is 11.8. The molecule has 0 spiro atoms. The first-order valence-corrected chi connectivity index (χ1v) is 7.33. The van der Waals surface area contributed by atoms with Crippen LogP contribution in [0.3, 0.4) is 0 Å². The van der Waals surface area contributed by atoms with E-state index in [1.54, 1.807) is 0 Å². The maximum Gasteiger partial charge on any atom is 0.216 e. The molecule has 0 N–H and O–H groups in total. The molecular weight excluding hydrogens is 254 g/mol. The molecule has 0 heterocycles. The van der Waals surface area contributed by atoms with Gasteiger partial charge in [0.25, 0.3) is 0 Å². The highest BCUT2D eigenvalue weighted by Gasteiger charge is 2.20. The summed E-state index contributed by atoms with van der Waals surface area (Å²) >= 11 is 5.56. The Morgan fingerprint density at radius 2 is 1.94 bits per heavy atom. The number of methoxy groups -OCH3 is 1. The SMILES string of the molecule is CCOCCS(=O)(=O)N(CCCl)CCOC. The predicted octanol–water partition coefficient (Wildman–Crippen LogP) is 0.540. The standard InChI is InChI=1S/C9H20ClNO4S/c1-3-15-8-9-16(12,13)11(5-4-10)6-7-14-2/h3-9H2,1-2H3. The molecule has 5 nitrogen and oxygen atoms in total. The summed E-state index contributed by atoms with van der Waals surface area (Å²) in [6, 6.07) is 0. The molecule has 0 radical (unpaired) electrons. The van der Waals surface area contributed by atoms with Gasteiger partial charge in [-0.25, -0.2) is 8.42 Å². The van der Waals surface area contributed by atoms with Crippen molar-refractivity contribution in [3.8, 4) is 0 Å². The number of sulfonamides is 1. The number of alkyl halides is 1. The van der Waals surface area contributed by atoms with E-state index in [4.69, 9.17) is 21.1 Å². The molecule has 0 aromatic heterocycles. The minimum atomic E-state index is -3.29. The highest BCUT2D eigenvalue weighted by Crippen LogP contribution is 2.02. The molecule has 0 aliphatic carbocycles. The summed E-state index contributed by atoms with van der Waals surface area (Å²) in [7, 11) is -1.75. The average Bonchev–Trinajstić information content (AvgIpc) is 2.24. The normalized spacial score (nSPS) is 12.2. The Labute approximate surface area is 103 Å². The number of halogens is 1. The number of rotatable bonds is 10. The molecular formula is C9H20ClNO4S. The van der Waals surface area contributed by atoms with Gasteiger partial charge in [0.05, 0.1) is 19.0 Å². The lowest BCUT2D eigenvalue weighted by molar-refractivity contribution is 0.160. The van der Waals surface area contributed by atoms with Crippen molar-refractivity contribution in [3.63, 3.8) is 0 Å². The first-order chi connectivity index (χ1) is 7.58. The van der Waals surface area contributed by atoms with Gasteiger partial charge < -0.3 is 9.47 Å². The topological polar surface area (TPSA) is 55.8 Å². The van der Waals surface area contributed by atoms with Crippen molar-refractivity contribution in [2.45, 2.75) is 6.92 Å². The van der Waals surface area contributed by atoms with E-state index in [1.165, 1.54) is 11.4 Å². The third-order valence-corrected chi connectivity index (χ3v) is 3.97. The largest absolute Gasteiger partial charge is 0.383 e. The molecule has 0 aliphatic heterocycles. The maximum atomic E-state index is 11.8. The quantitative estimate of drug-likeness (QED) is 0.431. The second-order valence-corrected chi connectivity index (χ2v) is 5.56. The van der Waals surface area contributed by atoms with Gasteiger partial charge in [-0.1, -0.05) is 0 Å². The van der Waals surface area contributed by atoms with Crippen LogP contribution in [0.4, 0.5) is 0 Å². The molecule has 0 aliphatic rings. The van der Waals surface area contributed by atoms with Crippen LogP contribution in [0.15, 0.2) is 0 Å². The molecule has 7 heteroatoms. The third kappa shape index (κ3) is 6.65. The summed E-state index contributed by atoms with van der Waals surface area (Å²) in [4.78, 5) is 0. The molecule has 0 fully saturated rings. The fourth-order valence-corrected chi connectivity index (χ4v) is 2.73. The molecule has 0 aromatic rings. The summed E-state index contributed by atoms with van der Waals surface area (Å²) in [5.74, 6) is 0.263. The lowest BCUT2D eigenvalue weighted by Gasteiger charge is -2.20. The van der Waals surface area contributed by atoms with E-state index in [1.807, 2.05) is 6.92 Å². The van der Waals surface area contributed by atoms with Crippen LogP contribution in [0.5, 0.6) is 0 Å². The van der Waals surface area contributed by atoms with Gasteiger partial charge in [0, 0.05) is 32.7 Å². The molecule has 0 bridgehead atoms. The van der Waals surface area contributed by atoms with Gasteiger partial charge in [-0.3, -0.25) is 0 Å². The third-order valence-electron chi connectivity index (χ3n) is 1.96. The van der Waals surface area contributed by atoms with Crippen molar-refractivity contribution in [1.29, 1.82) is 0 Å². The number of ether oxygens (including phenoxy) is 2. The van der Waals surface area contributed by atoms with Crippen molar-refractivity contribution >= 4 is 21.6 Å². The molecule has 0 saturated carbocycles. The molecule has 0 unspecified atom stereocenters. The Kier molecular flexibility index (Phi) is 9.25. The molecule has 0 rings (SSSR count). The Morgan fingerprint density at radius 1 is 1.25 bits per heavy atom. The summed E-state index contributed by atoms with van der Waals surface area (Å²) in [5.41, 5.74) is 0. The Morgan fingerprint density at radius 3 is 2.44 bits per heavy atom. The van der Waals surface area contributed by atoms with Crippen LogP contribution in [-0.2, 0) is 19.5 Å². The second kappa shape index (κ2) is 9.18. The van der Waals surface area contributed by atoms with E-state index in [0.717, 1.165) is 0 Å². The van der Waals surface area contributed by atoms with Gasteiger partial charge in [-0.15, -0.1) is 11.6 Å².